The second kappa shape index (κ2) is 4.37. The van der Waals surface area contributed by atoms with Gasteiger partial charge in [0.15, 0.2) is 0 Å². The first-order valence-corrected chi connectivity index (χ1v) is 5.77. The van der Waals surface area contributed by atoms with Crippen molar-refractivity contribution in [3.05, 3.63) is 21.7 Å². The van der Waals surface area contributed by atoms with Crippen molar-refractivity contribution < 1.29 is 9.18 Å². The number of rotatable bonds is 1. The van der Waals surface area contributed by atoms with Gasteiger partial charge in [-0.15, -0.1) is 12.3 Å². The highest BCUT2D eigenvalue weighted by Crippen LogP contribution is 2.27. The highest BCUT2D eigenvalue weighted by molar-refractivity contribution is 14.1. The van der Waals surface area contributed by atoms with Crippen molar-refractivity contribution in [2.45, 2.75) is 6.42 Å². The van der Waals surface area contributed by atoms with Crippen molar-refractivity contribution >= 4 is 34.3 Å². The van der Waals surface area contributed by atoms with Crippen LogP contribution >= 0.6 is 22.6 Å². The third-order valence-electron chi connectivity index (χ3n) is 2.40. The molecule has 1 unspecified atom stereocenters. The molecule has 1 aromatic heterocycles. The van der Waals surface area contributed by atoms with E-state index in [-0.39, 0.29) is 11.8 Å². The number of aromatic nitrogens is 1. The number of pyridine rings is 1. The van der Waals surface area contributed by atoms with E-state index in [1.807, 2.05) is 22.6 Å². The highest BCUT2D eigenvalue weighted by Gasteiger charge is 2.31. The summed E-state index contributed by atoms with van der Waals surface area (Å²) in [5.74, 6) is 2.51. The van der Waals surface area contributed by atoms with Crippen LogP contribution in [0.1, 0.15) is 6.42 Å². The van der Waals surface area contributed by atoms with Crippen LogP contribution in [0.15, 0.2) is 12.3 Å². The van der Waals surface area contributed by atoms with Gasteiger partial charge in [0.1, 0.15) is 11.6 Å². The molecule has 3 nitrogen and oxygen atoms in total. The maximum Gasteiger partial charge on any atom is 0.229 e. The van der Waals surface area contributed by atoms with E-state index in [2.05, 4.69) is 10.9 Å². The van der Waals surface area contributed by atoms with Crippen LogP contribution in [0.2, 0.25) is 0 Å². The standard InChI is InChI=1S/C11H8FIN2O/c1-2-7-3-10(16)15(6-7)11-9(13)4-8(12)5-14-11/h1,4-5,7H,3,6H2. The number of nitrogens with zero attached hydrogens (tertiary/aromatic N) is 2. The molecule has 0 bridgehead atoms. The van der Waals surface area contributed by atoms with E-state index in [0.29, 0.717) is 22.4 Å². The SMILES string of the molecule is C#CC1CC(=O)N(c2ncc(F)cc2I)C1. The Bertz CT molecular complexity index is 483. The molecule has 0 spiro atoms. The van der Waals surface area contributed by atoms with Crippen LogP contribution in [-0.2, 0) is 4.79 Å². The summed E-state index contributed by atoms with van der Waals surface area (Å²) < 4.78 is 13.5. The Kier molecular flexibility index (Phi) is 3.10. The largest absolute Gasteiger partial charge is 0.295 e. The van der Waals surface area contributed by atoms with Gasteiger partial charge in [0.2, 0.25) is 5.91 Å². The van der Waals surface area contributed by atoms with Crippen LogP contribution in [0.25, 0.3) is 0 Å². The maximum absolute atomic E-state index is 12.9. The number of halogens is 2. The molecule has 1 fully saturated rings. The summed E-state index contributed by atoms with van der Waals surface area (Å²) in [6.07, 6.45) is 6.73. The molecule has 0 saturated carbocycles. The lowest BCUT2D eigenvalue weighted by Crippen LogP contribution is -2.26. The number of anilines is 1. The summed E-state index contributed by atoms with van der Waals surface area (Å²) in [5.41, 5.74) is 0. The number of carbonyl (C=O) groups excluding carboxylic acids is 1. The Labute approximate surface area is 106 Å². The zero-order valence-corrected chi connectivity index (χ0v) is 10.4. The van der Waals surface area contributed by atoms with E-state index in [1.165, 1.54) is 11.0 Å². The molecular formula is C11H8FIN2O. The molecule has 2 heterocycles. The minimum atomic E-state index is -0.409. The predicted octanol–water partition coefficient (Wildman–Crippen LogP) is 1.81. The van der Waals surface area contributed by atoms with Crippen molar-refractivity contribution in [1.29, 1.82) is 0 Å². The van der Waals surface area contributed by atoms with Gasteiger partial charge in [0.25, 0.3) is 0 Å². The third-order valence-corrected chi connectivity index (χ3v) is 3.20. The fourth-order valence-corrected chi connectivity index (χ4v) is 2.36. The first kappa shape index (κ1) is 11.3. The van der Waals surface area contributed by atoms with Crippen molar-refractivity contribution in [2.75, 3.05) is 11.4 Å². The van der Waals surface area contributed by atoms with Crippen LogP contribution in [0, 0.1) is 27.6 Å². The van der Waals surface area contributed by atoms with Crippen molar-refractivity contribution in [3.63, 3.8) is 0 Å². The summed E-state index contributed by atoms with van der Waals surface area (Å²) in [7, 11) is 0. The molecule has 0 aromatic carbocycles. The molecule has 0 N–H and O–H groups in total. The van der Waals surface area contributed by atoms with Crippen LogP contribution in [0.5, 0.6) is 0 Å². The summed E-state index contributed by atoms with van der Waals surface area (Å²) in [6.45, 7) is 0.462. The lowest BCUT2D eigenvalue weighted by molar-refractivity contribution is -0.117. The molecule has 82 valence electrons. The van der Waals surface area contributed by atoms with E-state index >= 15 is 0 Å². The second-order valence-corrected chi connectivity index (χ2v) is 4.69. The molecular weight excluding hydrogens is 322 g/mol. The van der Waals surface area contributed by atoms with Gasteiger partial charge in [-0.25, -0.2) is 9.37 Å². The Morgan fingerprint density at radius 1 is 1.69 bits per heavy atom. The van der Waals surface area contributed by atoms with Gasteiger partial charge in [-0.2, -0.15) is 0 Å². The van der Waals surface area contributed by atoms with E-state index < -0.39 is 5.82 Å². The molecule has 2 rings (SSSR count). The Balaban J connectivity index is 2.32. The van der Waals surface area contributed by atoms with Crippen LogP contribution in [0.3, 0.4) is 0 Å². The predicted molar refractivity (Wildman–Crippen MR) is 66.2 cm³/mol. The topological polar surface area (TPSA) is 33.2 Å². The normalized spacial score (nSPS) is 19.9. The average molecular weight is 330 g/mol. The summed E-state index contributed by atoms with van der Waals surface area (Å²) in [5, 5.41) is 0. The lowest BCUT2D eigenvalue weighted by atomic mass is 10.1. The minimum Gasteiger partial charge on any atom is -0.295 e. The second-order valence-electron chi connectivity index (χ2n) is 3.53. The number of terminal acetylenes is 1. The molecule has 1 aromatic rings. The first-order chi connectivity index (χ1) is 7.61. The molecule has 1 aliphatic heterocycles. The summed E-state index contributed by atoms with van der Waals surface area (Å²) >= 11 is 1.96. The first-order valence-electron chi connectivity index (χ1n) is 4.69. The Hall–Kier alpha value is -1.16. The van der Waals surface area contributed by atoms with Gasteiger partial charge in [-0.1, -0.05) is 0 Å². The van der Waals surface area contributed by atoms with Crippen molar-refractivity contribution in [2.24, 2.45) is 5.92 Å². The molecule has 0 aliphatic carbocycles. The summed E-state index contributed by atoms with van der Waals surface area (Å²) in [6, 6.07) is 1.35. The molecule has 1 saturated heterocycles. The number of hydrogen-bond donors (Lipinski definition) is 0. The number of amides is 1. The highest BCUT2D eigenvalue weighted by atomic mass is 127. The smallest absolute Gasteiger partial charge is 0.229 e. The van der Waals surface area contributed by atoms with E-state index in [4.69, 9.17) is 6.42 Å². The van der Waals surface area contributed by atoms with Gasteiger partial charge in [0.05, 0.1) is 9.77 Å². The molecule has 16 heavy (non-hydrogen) atoms. The summed E-state index contributed by atoms with van der Waals surface area (Å²) in [4.78, 5) is 17.1. The Morgan fingerprint density at radius 2 is 2.44 bits per heavy atom. The van der Waals surface area contributed by atoms with Crippen LogP contribution in [0.4, 0.5) is 10.2 Å². The van der Waals surface area contributed by atoms with E-state index in [1.54, 1.807) is 0 Å². The van der Waals surface area contributed by atoms with Crippen LogP contribution in [-0.4, -0.2) is 17.4 Å². The average Bonchev–Trinajstić information content (AvgIpc) is 2.60. The van der Waals surface area contributed by atoms with Gasteiger partial charge in [-0.05, 0) is 28.7 Å². The van der Waals surface area contributed by atoms with Crippen molar-refractivity contribution in [3.8, 4) is 12.3 Å². The quantitative estimate of drug-likeness (QED) is 0.581. The van der Waals surface area contributed by atoms with Gasteiger partial charge in [0, 0.05) is 18.9 Å². The van der Waals surface area contributed by atoms with Gasteiger partial charge in [-0.3, -0.25) is 9.69 Å². The van der Waals surface area contributed by atoms with Crippen LogP contribution < -0.4 is 4.90 Å². The third kappa shape index (κ3) is 2.02. The fourth-order valence-electron chi connectivity index (χ4n) is 1.63. The zero-order chi connectivity index (χ0) is 11.7. The monoisotopic (exact) mass is 330 g/mol. The number of hydrogen-bond acceptors (Lipinski definition) is 2. The molecule has 1 amide bonds. The van der Waals surface area contributed by atoms with E-state index in [0.717, 1.165) is 6.20 Å². The van der Waals surface area contributed by atoms with Crippen molar-refractivity contribution in [1.82, 2.24) is 4.98 Å². The lowest BCUT2D eigenvalue weighted by Gasteiger charge is -2.15. The molecule has 5 heteroatoms. The van der Waals surface area contributed by atoms with Gasteiger partial charge < -0.3 is 0 Å². The zero-order valence-electron chi connectivity index (χ0n) is 8.28. The number of carbonyl (C=O) groups is 1. The fraction of sp³-hybridized carbons (Fsp3) is 0.273. The Morgan fingerprint density at radius 3 is 3.00 bits per heavy atom. The maximum atomic E-state index is 12.9. The minimum absolute atomic E-state index is 0.0556. The molecule has 0 radical (unpaired) electrons. The van der Waals surface area contributed by atoms with Gasteiger partial charge >= 0.3 is 0 Å². The van der Waals surface area contributed by atoms with E-state index in [9.17, 15) is 9.18 Å². The molecule has 1 aliphatic rings. The molecule has 1 atom stereocenters.